The van der Waals surface area contributed by atoms with Gasteiger partial charge in [0.25, 0.3) is 0 Å². The van der Waals surface area contributed by atoms with E-state index >= 15 is 0 Å². The highest BCUT2D eigenvalue weighted by Crippen LogP contribution is 2.27. The van der Waals surface area contributed by atoms with Crippen LogP contribution in [0, 0.1) is 13.8 Å². The Balaban J connectivity index is 0.00000320. The van der Waals surface area contributed by atoms with Crippen molar-refractivity contribution in [2.24, 2.45) is 4.99 Å². The summed E-state index contributed by atoms with van der Waals surface area (Å²) in [6, 6.07) is 6.46. The van der Waals surface area contributed by atoms with Gasteiger partial charge in [-0.1, -0.05) is 12.1 Å². The summed E-state index contributed by atoms with van der Waals surface area (Å²) in [5.41, 5.74) is 2.42. The lowest BCUT2D eigenvalue weighted by Gasteiger charge is -2.18. The zero-order chi connectivity index (χ0) is 20.5. The third kappa shape index (κ3) is 7.49. The molecule has 1 fully saturated rings. The molecule has 1 aromatic carbocycles. The monoisotopic (exact) mass is 525 g/mol. The van der Waals surface area contributed by atoms with E-state index in [4.69, 9.17) is 4.74 Å². The largest absolute Gasteiger partial charge is 0.490 e. The molecular formula is C23H36IN5O. The molecule has 1 heterocycles. The fraction of sp³-hybridized carbons (Fsp3) is 0.565. The van der Waals surface area contributed by atoms with Gasteiger partial charge in [-0.3, -0.25) is 4.99 Å². The summed E-state index contributed by atoms with van der Waals surface area (Å²) in [4.78, 5) is 8.62. The van der Waals surface area contributed by atoms with Crippen LogP contribution in [-0.4, -0.2) is 35.2 Å². The zero-order valence-electron chi connectivity index (χ0n) is 18.5. The zero-order valence-corrected chi connectivity index (χ0v) is 20.8. The van der Waals surface area contributed by atoms with Crippen LogP contribution in [0.5, 0.6) is 5.75 Å². The van der Waals surface area contributed by atoms with Gasteiger partial charge in [0, 0.05) is 44.6 Å². The van der Waals surface area contributed by atoms with Gasteiger partial charge in [0.2, 0.25) is 0 Å². The van der Waals surface area contributed by atoms with E-state index in [9.17, 15) is 0 Å². The normalized spacial score (nSPS) is 14.4. The Hall–Kier alpha value is -1.77. The molecule has 0 atom stereocenters. The fourth-order valence-corrected chi connectivity index (χ4v) is 3.76. The topological polar surface area (TPSA) is 63.5 Å². The SMILES string of the molecule is CN=C(NCCCCn1ccnc1C)NCc1ccc(C)cc1OC1CCCC1.I. The average molecular weight is 525 g/mol. The maximum Gasteiger partial charge on any atom is 0.191 e. The van der Waals surface area contributed by atoms with Gasteiger partial charge in [0.05, 0.1) is 6.10 Å². The number of nitrogens with one attached hydrogen (secondary N) is 2. The number of aromatic nitrogens is 2. The molecule has 0 amide bonds. The minimum Gasteiger partial charge on any atom is -0.490 e. The van der Waals surface area contributed by atoms with E-state index in [-0.39, 0.29) is 24.0 Å². The summed E-state index contributed by atoms with van der Waals surface area (Å²) < 4.78 is 8.49. The van der Waals surface area contributed by atoms with Crippen LogP contribution in [0.2, 0.25) is 0 Å². The predicted octanol–water partition coefficient (Wildman–Crippen LogP) is 4.58. The number of benzene rings is 1. The Kier molecular flexibility index (Phi) is 10.5. The minimum absolute atomic E-state index is 0. The van der Waals surface area contributed by atoms with Crippen LogP contribution < -0.4 is 15.4 Å². The number of halogens is 1. The molecule has 166 valence electrons. The van der Waals surface area contributed by atoms with Crippen molar-refractivity contribution in [1.29, 1.82) is 0 Å². The lowest BCUT2D eigenvalue weighted by molar-refractivity contribution is 0.207. The average Bonchev–Trinajstić information content (AvgIpc) is 3.37. The molecule has 1 saturated carbocycles. The third-order valence-corrected chi connectivity index (χ3v) is 5.53. The van der Waals surface area contributed by atoms with E-state index in [1.54, 1.807) is 0 Å². The number of guanidine groups is 1. The van der Waals surface area contributed by atoms with Crippen molar-refractivity contribution in [2.75, 3.05) is 13.6 Å². The van der Waals surface area contributed by atoms with Crippen molar-refractivity contribution in [3.05, 3.63) is 47.5 Å². The second-order valence-corrected chi connectivity index (χ2v) is 7.86. The standard InChI is InChI=1S/C23H35N5O.HI/c1-18-10-11-20(22(16-18)29-21-8-4-5-9-21)17-27-23(24-3)26-12-6-7-14-28-15-13-25-19(28)2;/h10-11,13,15-16,21H,4-9,12,14,17H2,1-3H3,(H2,24,26,27);1H. The summed E-state index contributed by atoms with van der Waals surface area (Å²) in [6.07, 6.45) is 11.3. The molecule has 0 spiro atoms. The molecule has 3 rings (SSSR count). The summed E-state index contributed by atoms with van der Waals surface area (Å²) in [7, 11) is 1.81. The number of aliphatic imine (C=N–C) groups is 1. The molecule has 2 aromatic rings. The second-order valence-electron chi connectivity index (χ2n) is 7.86. The first kappa shape index (κ1) is 24.5. The molecule has 30 heavy (non-hydrogen) atoms. The van der Waals surface area contributed by atoms with Gasteiger partial charge in [0.1, 0.15) is 11.6 Å². The highest BCUT2D eigenvalue weighted by atomic mass is 127. The lowest BCUT2D eigenvalue weighted by Crippen LogP contribution is -2.37. The molecule has 0 saturated heterocycles. The Morgan fingerprint density at radius 1 is 1.20 bits per heavy atom. The quantitative estimate of drug-likeness (QED) is 0.218. The first-order chi connectivity index (χ1) is 14.2. The number of unbranched alkanes of at least 4 members (excludes halogenated alkanes) is 1. The number of aryl methyl sites for hydroxylation is 3. The van der Waals surface area contributed by atoms with E-state index in [1.807, 2.05) is 26.4 Å². The van der Waals surface area contributed by atoms with Crippen LogP contribution in [0.15, 0.2) is 35.6 Å². The van der Waals surface area contributed by atoms with E-state index in [1.165, 1.54) is 36.8 Å². The van der Waals surface area contributed by atoms with Crippen LogP contribution in [0.3, 0.4) is 0 Å². The van der Waals surface area contributed by atoms with Gasteiger partial charge in [-0.05, 0) is 64.0 Å². The van der Waals surface area contributed by atoms with Crippen molar-refractivity contribution in [3.63, 3.8) is 0 Å². The molecule has 0 unspecified atom stereocenters. The van der Waals surface area contributed by atoms with Gasteiger partial charge in [-0.15, -0.1) is 24.0 Å². The highest BCUT2D eigenvalue weighted by Gasteiger charge is 2.18. The number of ether oxygens (including phenoxy) is 1. The van der Waals surface area contributed by atoms with E-state index in [0.717, 1.165) is 43.5 Å². The van der Waals surface area contributed by atoms with Crippen LogP contribution in [0.4, 0.5) is 0 Å². The maximum absolute atomic E-state index is 6.30. The Morgan fingerprint density at radius 2 is 2.00 bits per heavy atom. The van der Waals surface area contributed by atoms with Crippen LogP contribution in [0.1, 0.15) is 55.5 Å². The van der Waals surface area contributed by atoms with Gasteiger partial charge < -0.3 is 19.9 Å². The van der Waals surface area contributed by atoms with E-state index in [0.29, 0.717) is 12.6 Å². The summed E-state index contributed by atoms with van der Waals surface area (Å²) in [5.74, 6) is 2.91. The third-order valence-electron chi connectivity index (χ3n) is 5.53. The first-order valence-corrected chi connectivity index (χ1v) is 10.8. The number of hydrogen-bond acceptors (Lipinski definition) is 3. The Morgan fingerprint density at radius 3 is 2.70 bits per heavy atom. The van der Waals surface area contributed by atoms with Crippen molar-refractivity contribution < 1.29 is 4.74 Å². The molecule has 1 aliphatic rings. The van der Waals surface area contributed by atoms with Crippen molar-refractivity contribution in [1.82, 2.24) is 20.2 Å². The predicted molar refractivity (Wildman–Crippen MR) is 134 cm³/mol. The highest BCUT2D eigenvalue weighted by molar-refractivity contribution is 14.0. The smallest absolute Gasteiger partial charge is 0.191 e. The van der Waals surface area contributed by atoms with Crippen molar-refractivity contribution in [3.8, 4) is 5.75 Å². The fourth-order valence-electron chi connectivity index (χ4n) is 3.76. The molecular weight excluding hydrogens is 489 g/mol. The molecule has 0 radical (unpaired) electrons. The Bertz CT molecular complexity index is 799. The maximum atomic E-state index is 6.30. The summed E-state index contributed by atoms with van der Waals surface area (Å²) >= 11 is 0. The lowest BCUT2D eigenvalue weighted by atomic mass is 10.1. The minimum atomic E-state index is 0. The van der Waals surface area contributed by atoms with Gasteiger partial charge in [0.15, 0.2) is 5.96 Å². The summed E-state index contributed by atoms with van der Waals surface area (Å²) in [5, 5.41) is 6.84. The first-order valence-electron chi connectivity index (χ1n) is 10.8. The molecule has 6 nitrogen and oxygen atoms in total. The number of hydrogen-bond donors (Lipinski definition) is 2. The van der Waals surface area contributed by atoms with Crippen LogP contribution >= 0.6 is 24.0 Å². The molecule has 7 heteroatoms. The number of nitrogens with zero attached hydrogens (tertiary/aromatic N) is 3. The van der Waals surface area contributed by atoms with Crippen LogP contribution in [-0.2, 0) is 13.1 Å². The van der Waals surface area contributed by atoms with Gasteiger partial charge in [-0.2, -0.15) is 0 Å². The van der Waals surface area contributed by atoms with Crippen molar-refractivity contribution >= 4 is 29.9 Å². The second kappa shape index (κ2) is 12.8. The molecule has 0 bridgehead atoms. The molecule has 1 aliphatic carbocycles. The Labute approximate surface area is 197 Å². The van der Waals surface area contributed by atoms with E-state index in [2.05, 4.69) is 50.3 Å². The van der Waals surface area contributed by atoms with Crippen molar-refractivity contribution in [2.45, 2.75) is 71.6 Å². The number of imidazole rings is 1. The van der Waals surface area contributed by atoms with Crippen LogP contribution in [0.25, 0.3) is 0 Å². The van der Waals surface area contributed by atoms with Gasteiger partial charge >= 0.3 is 0 Å². The number of rotatable bonds is 9. The molecule has 0 aliphatic heterocycles. The molecule has 2 N–H and O–H groups in total. The van der Waals surface area contributed by atoms with E-state index < -0.39 is 0 Å². The van der Waals surface area contributed by atoms with Gasteiger partial charge in [-0.25, -0.2) is 4.98 Å². The summed E-state index contributed by atoms with van der Waals surface area (Å²) in [6.45, 7) is 6.76. The molecule has 1 aromatic heterocycles.